The number of carbonyl (C=O) groups excluding carboxylic acids is 1. The molecule has 5 nitrogen and oxygen atoms in total. The maximum absolute atomic E-state index is 12.9. The summed E-state index contributed by atoms with van der Waals surface area (Å²) in [5.41, 5.74) is 4.01. The van der Waals surface area contributed by atoms with Gasteiger partial charge in [-0.25, -0.2) is 0 Å². The molecule has 168 valence electrons. The Bertz CT molecular complexity index is 1370. The quantitative estimate of drug-likeness (QED) is 0.258. The van der Waals surface area contributed by atoms with Crippen molar-refractivity contribution in [3.8, 4) is 21.8 Å². The van der Waals surface area contributed by atoms with Crippen LogP contribution in [0.15, 0.2) is 108 Å². The number of anilines is 1. The van der Waals surface area contributed by atoms with Gasteiger partial charge in [0.2, 0.25) is 5.91 Å². The number of para-hydroxylation sites is 1. The van der Waals surface area contributed by atoms with E-state index in [0.29, 0.717) is 6.54 Å². The average molecular weight is 483 g/mol. The molecular formula is C27H22N4OS2. The van der Waals surface area contributed by atoms with Gasteiger partial charge < -0.3 is 5.32 Å². The van der Waals surface area contributed by atoms with Crippen molar-refractivity contribution in [3.05, 3.63) is 108 Å². The summed E-state index contributed by atoms with van der Waals surface area (Å²) < 4.78 is 2.08. The minimum Gasteiger partial charge on any atom is -0.325 e. The fourth-order valence-electron chi connectivity index (χ4n) is 3.67. The Balaban J connectivity index is 1.33. The topological polar surface area (TPSA) is 59.8 Å². The Morgan fingerprint density at radius 3 is 2.35 bits per heavy atom. The Morgan fingerprint density at radius 2 is 1.59 bits per heavy atom. The first-order chi connectivity index (χ1) is 16.8. The van der Waals surface area contributed by atoms with Crippen LogP contribution in [0.1, 0.15) is 5.56 Å². The molecule has 2 aromatic heterocycles. The van der Waals surface area contributed by atoms with E-state index >= 15 is 0 Å². The van der Waals surface area contributed by atoms with Crippen molar-refractivity contribution in [3.63, 3.8) is 0 Å². The monoisotopic (exact) mass is 482 g/mol. The van der Waals surface area contributed by atoms with E-state index in [9.17, 15) is 4.79 Å². The number of benzene rings is 3. The molecule has 7 heteroatoms. The van der Waals surface area contributed by atoms with E-state index in [-0.39, 0.29) is 11.7 Å². The van der Waals surface area contributed by atoms with Crippen LogP contribution in [0.3, 0.4) is 0 Å². The van der Waals surface area contributed by atoms with Gasteiger partial charge >= 0.3 is 0 Å². The molecule has 1 amide bonds. The predicted molar refractivity (Wildman–Crippen MR) is 140 cm³/mol. The number of aromatic nitrogens is 3. The molecule has 5 rings (SSSR count). The summed E-state index contributed by atoms with van der Waals surface area (Å²) in [6, 6.07) is 32.2. The highest BCUT2D eigenvalue weighted by molar-refractivity contribution is 7.99. The van der Waals surface area contributed by atoms with Gasteiger partial charge in [0.25, 0.3) is 0 Å². The number of amides is 1. The second kappa shape index (κ2) is 10.5. The lowest BCUT2D eigenvalue weighted by molar-refractivity contribution is -0.113. The van der Waals surface area contributed by atoms with E-state index in [2.05, 4.69) is 32.2 Å². The van der Waals surface area contributed by atoms with Gasteiger partial charge in [-0.05, 0) is 28.6 Å². The van der Waals surface area contributed by atoms with E-state index in [4.69, 9.17) is 0 Å². The molecule has 3 aromatic carbocycles. The number of rotatable bonds is 8. The van der Waals surface area contributed by atoms with Crippen molar-refractivity contribution in [1.82, 2.24) is 14.8 Å². The molecule has 0 unspecified atom stereocenters. The minimum absolute atomic E-state index is 0.0830. The molecule has 5 aromatic rings. The van der Waals surface area contributed by atoms with Crippen LogP contribution in [0.5, 0.6) is 0 Å². The first-order valence-corrected chi connectivity index (χ1v) is 12.7. The number of thioether (sulfide) groups is 1. The molecule has 0 aliphatic heterocycles. The molecule has 0 aliphatic carbocycles. The van der Waals surface area contributed by atoms with Gasteiger partial charge in [-0.3, -0.25) is 9.36 Å². The third-order valence-electron chi connectivity index (χ3n) is 5.26. The summed E-state index contributed by atoms with van der Waals surface area (Å²) in [5, 5.41) is 14.7. The van der Waals surface area contributed by atoms with Crippen molar-refractivity contribution in [2.75, 3.05) is 11.1 Å². The van der Waals surface area contributed by atoms with Crippen LogP contribution >= 0.6 is 23.1 Å². The normalized spacial score (nSPS) is 10.8. The summed E-state index contributed by atoms with van der Waals surface area (Å²) in [4.78, 5) is 13.9. The number of thiophene rings is 1. The SMILES string of the molecule is O=C(CSc1nnc(-c2cccs2)n1Cc1ccccc1)Nc1ccccc1-c1ccccc1. The maximum atomic E-state index is 12.9. The van der Waals surface area contributed by atoms with Crippen molar-refractivity contribution in [2.45, 2.75) is 11.7 Å². The van der Waals surface area contributed by atoms with Crippen LogP contribution in [-0.2, 0) is 11.3 Å². The number of hydrogen-bond acceptors (Lipinski definition) is 5. The van der Waals surface area contributed by atoms with Gasteiger partial charge in [-0.1, -0.05) is 96.7 Å². The third kappa shape index (κ3) is 5.11. The van der Waals surface area contributed by atoms with Gasteiger partial charge in [-0.15, -0.1) is 21.5 Å². The molecule has 0 fully saturated rings. The van der Waals surface area contributed by atoms with Crippen LogP contribution in [0, 0.1) is 0 Å². The highest BCUT2D eigenvalue weighted by Gasteiger charge is 2.17. The van der Waals surface area contributed by atoms with E-state index in [1.807, 2.05) is 90.3 Å². The van der Waals surface area contributed by atoms with Crippen molar-refractivity contribution in [2.24, 2.45) is 0 Å². The first-order valence-electron chi connectivity index (χ1n) is 10.9. The number of hydrogen-bond donors (Lipinski definition) is 1. The second-order valence-electron chi connectivity index (χ2n) is 7.60. The molecular weight excluding hydrogens is 460 g/mol. The van der Waals surface area contributed by atoms with Gasteiger partial charge in [0.1, 0.15) is 0 Å². The highest BCUT2D eigenvalue weighted by atomic mass is 32.2. The summed E-state index contributed by atoms with van der Waals surface area (Å²) in [5.74, 6) is 0.969. The van der Waals surface area contributed by atoms with Crippen LogP contribution in [0.4, 0.5) is 5.69 Å². The summed E-state index contributed by atoms with van der Waals surface area (Å²) >= 11 is 3.02. The lowest BCUT2D eigenvalue weighted by Gasteiger charge is -2.12. The van der Waals surface area contributed by atoms with Gasteiger partial charge in [-0.2, -0.15) is 0 Å². The first kappa shape index (κ1) is 22.1. The van der Waals surface area contributed by atoms with Gasteiger partial charge in [0.05, 0.1) is 17.2 Å². The Labute approximate surface area is 206 Å². The number of carbonyl (C=O) groups is 1. The smallest absolute Gasteiger partial charge is 0.234 e. The summed E-state index contributed by atoms with van der Waals surface area (Å²) in [6.07, 6.45) is 0. The minimum atomic E-state index is -0.0830. The fraction of sp³-hybridized carbons (Fsp3) is 0.0741. The van der Waals surface area contributed by atoms with E-state index in [1.54, 1.807) is 11.3 Å². The summed E-state index contributed by atoms with van der Waals surface area (Å²) in [7, 11) is 0. The Hall–Kier alpha value is -3.68. The zero-order valence-electron chi connectivity index (χ0n) is 18.3. The highest BCUT2D eigenvalue weighted by Crippen LogP contribution is 2.30. The molecule has 0 saturated carbocycles. The Kier molecular flexibility index (Phi) is 6.84. The van der Waals surface area contributed by atoms with Crippen LogP contribution < -0.4 is 5.32 Å². The Morgan fingerprint density at radius 1 is 0.853 bits per heavy atom. The molecule has 1 N–H and O–H groups in total. The zero-order valence-corrected chi connectivity index (χ0v) is 19.9. The fourth-order valence-corrected chi connectivity index (χ4v) is 5.13. The summed E-state index contributed by atoms with van der Waals surface area (Å²) in [6.45, 7) is 0.641. The second-order valence-corrected chi connectivity index (χ2v) is 9.49. The standard InChI is InChI=1S/C27H22N4OS2/c32-25(28-23-15-8-7-14-22(23)21-12-5-2-6-13-21)19-34-27-30-29-26(24-16-9-17-33-24)31(27)18-20-10-3-1-4-11-20/h1-17H,18-19H2,(H,28,32). The van der Waals surface area contributed by atoms with Crippen LogP contribution in [0.25, 0.3) is 21.8 Å². The molecule has 0 atom stereocenters. The molecule has 34 heavy (non-hydrogen) atoms. The molecule has 0 bridgehead atoms. The lowest BCUT2D eigenvalue weighted by Crippen LogP contribution is -2.15. The van der Waals surface area contributed by atoms with Crippen LogP contribution in [-0.4, -0.2) is 26.4 Å². The third-order valence-corrected chi connectivity index (χ3v) is 7.09. The molecule has 0 saturated heterocycles. The molecule has 0 aliphatic rings. The van der Waals surface area contributed by atoms with E-state index in [0.717, 1.165) is 38.2 Å². The molecule has 0 spiro atoms. The van der Waals surface area contributed by atoms with Gasteiger partial charge in [0, 0.05) is 11.3 Å². The molecule has 0 radical (unpaired) electrons. The largest absolute Gasteiger partial charge is 0.325 e. The van der Waals surface area contributed by atoms with Crippen molar-refractivity contribution < 1.29 is 4.79 Å². The van der Waals surface area contributed by atoms with Crippen molar-refractivity contribution in [1.29, 1.82) is 0 Å². The van der Waals surface area contributed by atoms with E-state index < -0.39 is 0 Å². The lowest BCUT2D eigenvalue weighted by atomic mass is 10.0. The number of nitrogens with zero attached hydrogens (tertiary/aromatic N) is 3. The average Bonchev–Trinajstić information content (AvgIpc) is 3.54. The van der Waals surface area contributed by atoms with E-state index in [1.165, 1.54) is 11.8 Å². The van der Waals surface area contributed by atoms with Crippen LogP contribution in [0.2, 0.25) is 0 Å². The number of nitrogens with one attached hydrogen (secondary N) is 1. The predicted octanol–water partition coefficient (Wildman–Crippen LogP) is 6.45. The maximum Gasteiger partial charge on any atom is 0.234 e. The molecule has 2 heterocycles. The zero-order chi connectivity index (χ0) is 23.2. The van der Waals surface area contributed by atoms with Gasteiger partial charge in [0.15, 0.2) is 11.0 Å². The van der Waals surface area contributed by atoms with Crippen molar-refractivity contribution >= 4 is 34.7 Å².